The van der Waals surface area contributed by atoms with Crippen LogP contribution >= 0.6 is 0 Å². The average Bonchev–Trinajstić information content (AvgIpc) is 3.70. The Bertz CT molecular complexity index is 2980. The second-order valence-electron chi connectivity index (χ2n) is 16.1. The number of aryl methyl sites for hydroxylation is 2. The van der Waals surface area contributed by atoms with Crippen LogP contribution in [0.5, 0.6) is 0 Å². The number of nitriles is 1. The standard InChI is InChI=1S/C46H37N3/c47-22-27-16-37-43(44-39(27)41-29-7-1-3-9-31(29)42(44)32-10-4-2-8-30(32)41)35-18-28(46-19-24-13-25(20-46)15-26(14-24)21-46)17-34-40-33-11-5-6-12-36(33)48-23-38(40)49(37)45(34)35/h1-4,7-10,16-18,23-26,41-42H,5-6,11-15,19-21H2/i5D2,6D2,11D2,12D2. The minimum Gasteiger partial charge on any atom is -0.306 e. The molecular formula is C46H37N3. The largest absolute Gasteiger partial charge is 0.306 e. The zero-order chi connectivity index (χ0) is 38.9. The zero-order valence-electron chi connectivity index (χ0n) is 34.9. The Hall–Kier alpha value is -4.68. The normalized spacial score (nSPS) is 35.2. The predicted octanol–water partition coefficient (Wildman–Crippen LogP) is 10.4. The molecule has 3 aromatic heterocycles. The van der Waals surface area contributed by atoms with Crippen molar-refractivity contribution in [3.63, 3.8) is 0 Å². The summed E-state index contributed by atoms with van der Waals surface area (Å²) in [6.07, 6.45) is -3.65. The van der Waals surface area contributed by atoms with Crippen LogP contribution in [0.4, 0.5) is 0 Å². The molecule has 49 heavy (non-hydrogen) atoms. The molecule has 0 spiro atoms. The van der Waals surface area contributed by atoms with Gasteiger partial charge in [0.2, 0.25) is 0 Å². The van der Waals surface area contributed by atoms with Gasteiger partial charge in [0.1, 0.15) is 0 Å². The molecule has 3 heteroatoms. The summed E-state index contributed by atoms with van der Waals surface area (Å²) in [5.41, 5.74) is 10.3. The van der Waals surface area contributed by atoms with Crippen LogP contribution in [-0.2, 0) is 18.2 Å². The number of benzene rings is 4. The molecule has 3 heterocycles. The molecule has 4 fully saturated rings. The third kappa shape index (κ3) is 3.03. The lowest BCUT2D eigenvalue weighted by atomic mass is 9.48. The van der Waals surface area contributed by atoms with E-state index in [-0.39, 0.29) is 22.8 Å². The van der Waals surface area contributed by atoms with Gasteiger partial charge in [0.25, 0.3) is 0 Å². The number of fused-ring (bicyclic) bond motifs is 8. The summed E-state index contributed by atoms with van der Waals surface area (Å²) in [5, 5.41) is 14.2. The summed E-state index contributed by atoms with van der Waals surface area (Å²) in [5.74, 6) is 1.76. The minimum atomic E-state index is -3.23. The number of rotatable bonds is 1. The molecule has 0 amide bonds. The molecule has 8 aliphatic carbocycles. The highest BCUT2D eigenvalue weighted by atomic mass is 14.9. The molecule has 7 aromatic rings. The molecule has 3 nitrogen and oxygen atoms in total. The number of hydrogen-bond donors (Lipinski definition) is 0. The van der Waals surface area contributed by atoms with Gasteiger partial charge in [0.15, 0.2) is 0 Å². The lowest BCUT2D eigenvalue weighted by Crippen LogP contribution is -2.48. The van der Waals surface area contributed by atoms with Gasteiger partial charge in [-0.2, -0.15) is 5.26 Å². The van der Waals surface area contributed by atoms with E-state index in [2.05, 4.69) is 76.1 Å². The summed E-state index contributed by atoms with van der Waals surface area (Å²) >= 11 is 0. The van der Waals surface area contributed by atoms with Crippen LogP contribution in [0.3, 0.4) is 0 Å². The van der Waals surface area contributed by atoms with Crippen molar-refractivity contribution >= 4 is 38.1 Å². The third-order valence-electron chi connectivity index (χ3n) is 13.8. The SMILES string of the molecule is [2H]C1([2H])c2ncc3c(c2C([2H])([2H])C([2H])([2H])C1([2H])[2H])c1cc(C24CC5CC(CC(C5)C2)C4)cc2c4c5c(c(C#N)cc4n3c21)C1c2ccccc2C5c2ccccc21. The van der Waals surface area contributed by atoms with Gasteiger partial charge in [-0.3, -0.25) is 4.98 Å². The quantitative estimate of drug-likeness (QED) is 0.179. The molecule has 236 valence electrons. The summed E-state index contributed by atoms with van der Waals surface area (Å²) in [7, 11) is 0. The van der Waals surface area contributed by atoms with Gasteiger partial charge in [-0.15, -0.1) is 0 Å². The van der Waals surface area contributed by atoms with Crippen LogP contribution in [0.2, 0.25) is 0 Å². The van der Waals surface area contributed by atoms with Gasteiger partial charge in [-0.1, -0.05) is 48.5 Å². The molecule has 6 bridgehead atoms. The van der Waals surface area contributed by atoms with Gasteiger partial charge < -0.3 is 4.40 Å². The van der Waals surface area contributed by atoms with Gasteiger partial charge in [0.05, 0.1) is 34.4 Å². The molecule has 0 N–H and O–H groups in total. The van der Waals surface area contributed by atoms with Crippen molar-refractivity contribution in [2.24, 2.45) is 17.8 Å². The van der Waals surface area contributed by atoms with Crippen molar-refractivity contribution in [3.8, 4) is 6.07 Å². The van der Waals surface area contributed by atoms with Crippen molar-refractivity contribution < 1.29 is 11.0 Å². The van der Waals surface area contributed by atoms with E-state index in [1.54, 1.807) is 0 Å². The fourth-order valence-electron chi connectivity index (χ4n) is 12.6. The number of pyridine rings is 1. The van der Waals surface area contributed by atoms with E-state index in [1.165, 1.54) is 53.3 Å². The molecule has 0 unspecified atom stereocenters. The lowest BCUT2D eigenvalue weighted by molar-refractivity contribution is -0.00508. The molecule has 0 saturated heterocycles. The van der Waals surface area contributed by atoms with Crippen LogP contribution in [0, 0.1) is 29.1 Å². The average molecular weight is 640 g/mol. The molecule has 0 radical (unpaired) electrons. The Kier molecular flexibility index (Phi) is 3.58. The molecule has 0 atom stereocenters. The van der Waals surface area contributed by atoms with Gasteiger partial charge >= 0.3 is 0 Å². The monoisotopic (exact) mass is 639 g/mol. The first kappa shape index (κ1) is 20.1. The van der Waals surface area contributed by atoms with Crippen molar-refractivity contribution in [2.75, 3.05) is 0 Å². The molecule has 4 saturated carbocycles. The van der Waals surface area contributed by atoms with E-state index < -0.39 is 31.2 Å². The lowest BCUT2D eigenvalue weighted by Gasteiger charge is -2.57. The van der Waals surface area contributed by atoms with Crippen LogP contribution in [0.15, 0.2) is 72.9 Å². The second kappa shape index (κ2) is 8.72. The highest BCUT2D eigenvalue weighted by Crippen LogP contribution is 2.63. The maximum atomic E-state index is 11.0. The van der Waals surface area contributed by atoms with Crippen molar-refractivity contribution in [1.82, 2.24) is 9.38 Å². The molecule has 0 aliphatic heterocycles. The third-order valence-corrected chi connectivity index (χ3v) is 13.8. The summed E-state index contributed by atoms with van der Waals surface area (Å²) in [6, 6.07) is 26.4. The smallest absolute Gasteiger partial charge is 0.0995 e. The van der Waals surface area contributed by atoms with Crippen LogP contribution in [-0.4, -0.2) is 9.38 Å². The van der Waals surface area contributed by atoms with Gasteiger partial charge in [-0.25, -0.2) is 0 Å². The fourth-order valence-corrected chi connectivity index (χ4v) is 12.6. The Labute approximate surface area is 297 Å². The van der Waals surface area contributed by atoms with Crippen LogP contribution < -0.4 is 0 Å². The van der Waals surface area contributed by atoms with Crippen LogP contribution in [0.1, 0.15) is 130 Å². The minimum absolute atomic E-state index is 0.0612. The Morgan fingerprint density at radius 2 is 1.33 bits per heavy atom. The zero-order valence-corrected chi connectivity index (χ0v) is 26.9. The number of hydrogen-bond acceptors (Lipinski definition) is 2. The Morgan fingerprint density at radius 3 is 1.96 bits per heavy atom. The van der Waals surface area contributed by atoms with Crippen molar-refractivity contribution in [1.29, 1.82) is 5.26 Å². The maximum Gasteiger partial charge on any atom is 0.0995 e. The summed E-state index contributed by atoms with van der Waals surface area (Å²) in [6.45, 7) is 0. The van der Waals surface area contributed by atoms with E-state index in [1.807, 2.05) is 6.07 Å². The van der Waals surface area contributed by atoms with E-state index in [9.17, 15) is 8.00 Å². The van der Waals surface area contributed by atoms with E-state index in [0.29, 0.717) is 34.2 Å². The molecule has 8 aliphatic rings. The number of nitrogens with zero attached hydrogens (tertiary/aromatic N) is 3. The first-order valence-electron chi connectivity index (χ1n) is 22.0. The highest BCUT2D eigenvalue weighted by molar-refractivity contribution is 6.25. The molecule has 4 aromatic carbocycles. The first-order chi connectivity index (χ1) is 27.2. The topological polar surface area (TPSA) is 41.1 Å². The van der Waals surface area contributed by atoms with Gasteiger partial charge in [0, 0.05) is 50.0 Å². The first-order valence-corrected chi connectivity index (χ1v) is 18.0. The van der Waals surface area contributed by atoms with E-state index in [0.717, 1.165) is 57.6 Å². The Morgan fingerprint density at radius 1 is 0.735 bits per heavy atom. The fraction of sp³-hybridized carbons (Fsp3) is 0.348. The van der Waals surface area contributed by atoms with Crippen LogP contribution in [0.25, 0.3) is 38.1 Å². The van der Waals surface area contributed by atoms with E-state index >= 15 is 0 Å². The summed E-state index contributed by atoms with van der Waals surface area (Å²) in [4.78, 5) is 4.55. The summed E-state index contributed by atoms with van der Waals surface area (Å²) < 4.78 is 74.1. The van der Waals surface area contributed by atoms with E-state index in [4.69, 9.17) is 8.22 Å². The number of aromatic nitrogens is 2. The molecular weight excluding hydrogens is 595 g/mol. The van der Waals surface area contributed by atoms with Gasteiger partial charge in [-0.05, 0) is 150 Å². The second-order valence-corrected chi connectivity index (χ2v) is 16.1. The molecule has 15 rings (SSSR count). The van der Waals surface area contributed by atoms with Crippen molar-refractivity contribution in [2.45, 2.75) is 81.3 Å². The maximum absolute atomic E-state index is 11.0. The van der Waals surface area contributed by atoms with Crippen molar-refractivity contribution in [3.05, 3.63) is 129 Å². The predicted molar refractivity (Wildman–Crippen MR) is 195 cm³/mol. The Balaban J connectivity index is 1.23. The highest BCUT2D eigenvalue weighted by Gasteiger charge is 2.52.